The SMILES string of the molecule is COc1ccc(C2(c3ccccc3)C=Cc3c(C(=O)N4CC4)n[nH]c3C2)cc1. The second-order valence-electron chi connectivity index (χ2n) is 7.33. The third-order valence-electron chi connectivity index (χ3n) is 5.70. The summed E-state index contributed by atoms with van der Waals surface area (Å²) in [7, 11) is 1.67. The number of nitrogens with one attached hydrogen (secondary N) is 1. The van der Waals surface area contributed by atoms with Crippen LogP contribution in [0.25, 0.3) is 6.08 Å². The van der Waals surface area contributed by atoms with Gasteiger partial charge in [0.05, 0.1) is 7.11 Å². The summed E-state index contributed by atoms with van der Waals surface area (Å²) in [6, 6.07) is 18.7. The van der Waals surface area contributed by atoms with Crippen LogP contribution < -0.4 is 4.74 Å². The van der Waals surface area contributed by atoms with Gasteiger partial charge in [-0.25, -0.2) is 0 Å². The number of fused-ring (bicyclic) bond motifs is 1. The van der Waals surface area contributed by atoms with E-state index < -0.39 is 0 Å². The average Bonchev–Trinajstić information content (AvgIpc) is 3.53. The molecule has 0 bridgehead atoms. The highest BCUT2D eigenvalue weighted by Gasteiger charge is 2.38. The van der Waals surface area contributed by atoms with Gasteiger partial charge >= 0.3 is 0 Å². The number of rotatable bonds is 4. The zero-order valence-electron chi connectivity index (χ0n) is 15.7. The van der Waals surface area contributed by atoms with Gasteiger partial charge in [0.25, 0.3) is 5.91 Å². The number of methoxy groups -OCH3 is 1. The van der Waals surface area contributed by atoms with Crippen LogP contribution in [0.4, 0.5) is 0 Å². The quantitative estimate of drug-likeness (QED) is 0.715. The number of amides is 1. The highest BCUT2D eigenvalue weighted by atomic mass is 16.5. The maximum Gasteiger partial charge on any atom is 0.275 e. The minimum atomic E-state index is -0.326. The lowest BCUT2D eigenvalue weighted by Gasteiger charge is -2.34. The summed E-state index contributed by atoms with van der Waals surface area (Å²) in [5.41, 5.74) is 4.49. The Morgan fingerprint density at radius 2 is 1.79 bits per heavy atom. The molecule has 3 aromatic rings. The minimum absolute atomic E-state index is 0.0128. The van der Waals surface area contributed by atoms with Crippen LogP contribution in [0.15, 0.2) is 60.7 Å². The topological polar surface area (TPSA) is 58.0 Å². The predicted octanol–water partition coefficient (Wildman–Crippen LogP) is 3.43. The molecule has 5 nitrogen and oxygen atoms in total. The molecule has 5 heteroatoms. The second-order valence-corrected chi connectivity index (χ2v) is 7.33. The Bertz CT molecular complexity index is 1050. The zero-order chi connectivity index (χ0) is 19.1. The van der Waals surface area contributed by atoms with Crippen LogP contribution in [0.3, 0.4) is 0 Å². The van der Waals surface area contributed by atoms with Crippen molar-refractivity contribution in [3.63, 3.8) is 0 Å². The molecule has 2 aromatic carbocycles. The van der Waals surface area contributed by atoms with E-state index in [0.29, 0.717) is 5.69 Å². The molecule has 1 unspecified atom stereocenters. The van der Waals surface area contributed by atoms with E-state index in [1.54, 1.807) is 12.0 Å². The molecule has 2 aliphatic rings. The van der Waals surface area contributed by atoms with E-state index in [1.807, 2.05) is 18.2 Å². The number of hydrogen-bond acceptors (Lipinski definition) is 3. The van der Waals surface area contributed by atoms with E-state index in [0.717, 1.165) is 36.5 Å². The molecule has 1 aliphatic heterocycles. The molecule has 5 rings (SSSR count). The fourth-order valence-electron chi connectivity index (χ4n) is 4.02. The normalized spacial score (nSPS) is 20.0. The van der Waals surface area contributed by atoms with E-state index in [2.05, 4.69) is 58.7 Å². The average molecular weight is 371 g/mol. The highest BCUT2D eigenvalue weighted by Crippen LogP contribution is 2.42. The Hall–Kier alpha value is -3.34. The first kappa shape index (κ1) is 16.8. The summed E-state index contributed by atoms with van der Waals surface area (Å²) in [6.45, 7) is 1.65. The summed E-state index contributed by atoms with van der Waals surface area (Å²) in [5, 5.41) is 7.48. The number of aromatic nitrogens is 2. The fraction of sp³-hybridized carbons (Fsp3) is 0.217. The van der Waals surface area contributed by atoms with Crippen LogP contribution in [0.1, 0.15) is 32.9 Å². The Kier molecular flexibility index (Phi) is 3.83. The van der Waals surface area contributed by atoms with Crippen molar-refractivity contribution in [3.8, 4) is 5.75 Å². The monoisotopic (exact) mass is 371 g/mol. The Morgan fingerprint density at radius 1 is 1.07 bits per heavy atom. The van der Waals surface area contributed by atoms with E-state index in [1.165, 1.54) is 11.1 Å². The molecule has 1 fully saturated rings. The number of carbonyl (C=O) groups is 1. The van der Waals surface area contributed by atoms with Gasteiger partial charge in [-0.3, -0.25) is 9.89 Å². The van der Waals surface area contributed by atoms with E-state index in [-0.39, 0.29) is 11.3 Å². The number of benzene rings is 2. The maximum atomic E-state index is 12.5. The van der Waals surface area contributed by atoms with Crippen molar-refractivity contribution in [1.29, 1.82) is 0 Å². The van der Waals surface area contributed by atoms with E-state index in [9.17, 15) is 4.79 Å². The van der Waals surface area contributed by atoms with Gasteiger partial charge in [-0.1, -0.05) is 54.6 Å². The summed E-state index contributed by atoms with van der Waals surface area (Å²) in [4.78, 5) is 14.3. The van der Waals surface area contributed by atoms with Crippen LogP contribution in [0.2, 0.25) is 0 Å². The molecule has 1 N–H and O–H groups in total. The van der Waals surface area contributed by atoms with Gasteiger partial charge in [-0.05, 0) is 23.3 Å². The van der Waals surface area contributed by atoms with Gasteiger partial charge in [-0.15, -0.1) is 0 Å². The van der Waals surface area contributed by atoms with Crippen LogP contribution in [0, 0.1) is 0 Å². The van der Waals surface area contributed by atoms with E-state index >= 15 is 0 Å². The van der Waals surface area contributed by atoms with Crippen LogP contribution >= 0.6 is 0 Å². The van der Waals surface area contributed by atoms with Gasteiger partial charge in [0.2, 0.25) is 0 Å². The summed E-state index contributed by atoms with van der Waals surface area (Å²) in [6.07, 6.45) is 4.98. The molecule has 0 saturated carbocycles. The second kappa shape index (κ2) is 6.37. The number of ether oxygens (including phenoxy) is 1. The molecule has 28 heavy (non-hydrogen) atoms. The number of carbonyl (C=O) groups excluding carboxylic acids is 1. The Morgan fingerprint density at radius 3 is 2.46 bits per heavy atom. The lowest BCUT2D eigenvalue weighted by molar-refractivity contribution is 0.0880. The van der Waals surface area contributed by atoms with Gasteiger partial charge in [0, 0.05) is 36.2 Å². The summed E-state index contributed by atoms with van der Waals surface area (Å²) < 4.78 is 5.33. The molecular formula is C23H21N3O2. The van der Waals surface area contributed by atoms with Crippen molar-refractivity contribution < 1.29 is 9.53 Å². The van der Waals surface area contributed by atoms with Gasteiger partial charge in [0.15, 0.2) is 5.69 Å². The molecule has 1 atom stereocenters. The largest absolute Gasteiger partial charge is 0.497 e. The number of hydrogen-bond donors (Lipinski definition) is 1. The molecule has 1 amide bonds. The van der Waals surface area contributed by atoms with Crippen LogP contribution in [-0.4, -0.2) is 41.2 Å². The maximum absolute atomic E-state index is 12.5. The number of aromatic amines is 1. The molecule has 140 valence electrons. The first-order valence-electron chi connectivity index (χ1n) is 9.47. The van der Waals surface area contributed by atoms with Crippen molar-refractivity contribution in [1.82, 2.24) is 15.1 Å². The zero-order valence-corrected chi connectivity index (χ0v) is 15.7. The number of H-pyrrole nitrogens is 1. The fourth-order valence-corrected chi connectivity index (χ4v) is 4.02. The summed E-state index contributed by atoms with van der Waals surface area (Å²) in [5.74, 6) is 0.846. The smallest absolute Gasteiger partial charge is 0.275 e. The number of nitrogens with zero attached hydrogens (tertiary/aromatic N) is 2. The Labute approximate surface area is 163 Å². The third-order valence-corrected chi connectivity index (χ3v) is 5.70. The third kappa shape index (κ3) is 2.62. The first-order chi connectivity index (χ1) is 13.7. The van der Waals surface area contributed by atoms with Gasteiger partial charge < -0.3 is 9.64 Å². The molecule has 1 aromatic heterocycles. The van der Waals surface area contributed by atoms with Crippen molar-refractivity contribution >= 4 is 12.0 Å². The molecular weight excluding hydrogens is 350 g/mol. The van der Waals surface area contributed by atoms with Crippen LogP contribution in [0.5, 0.6) is 5.75 Å². The number of allylic oxidation sites excluding steroid dienone is 1. The molecule has 1 saturated heterocycles. The van der Waals surface area contributed by atoms with Crippen molar-refractivity contribution in [2.75, 3.05) is 20.2 Å². The molecule has 1 aliphatic carbocycles. The summed E-state index contributed by atoms with van der Waals surface area (Å²) >= 11 is 0. The molecule has 0 radical (unpaired) electrons. The van der Waals surface area contributed by atoms with Crippen LogP contribution in [-0.2, 0) is 11.8 Å². The highest BCUT2D eigenvalue weighted by molar-refractivity contribution is 5.97. The minimum Gasteiger partial charge on any atom is -0.497 e. The van der Waals surface area contributed by atoms with Gasteiger partial charge in [0.1, 0.15) is 5.75 Å². The predicted molar refractivity (Wildman–Crippen MR) is 107 cm³/mol. The van der Waals surface area contributed by atoms with E-state index in [4.69, 9.17) is 4.74 Å². The standard InChI is InChI=1S/C23H21N3O2/c1-28-18-9-7-17(8-10-18)23(16-5-3-2-4-6-16)12-11-19-20(15-23)24-25-21(19)22(27)26-13-14-26/h2-12H,13-15H2,1H3,(H,24,25). The van der Waals surface area contributed by atoms with Crippen molar-refractivity contribution in [2.24, 2.45) is 0 Å². The molecule has 0 spiro atoms. The lowest BCUT2D eigenvalue weighted by atomic mass is 9.68. The first-order valence-corrected chi connectivity index (χ1v) is 9.47. The van der Waals surface area contributed by atoms with Crippen molar-refractivity contribution in [3.05, 3.63) is 88.8 Å². The van der Waals surface area contributed by atoms with Gasteiger partial charge in [-0.2, -0.15) is 5.10 Å². The molecule has 2 heterocycles. The lowest BCUT2D eigenvalue weighted by Crippen LogP contribution is -2.30. The van der Waals surface area contributed by atoms with Crippen molar-refractivity contribution in [2.45, 2.75) is 11.8 Å². The Balaban J connectivity index is 1.61.